The highest BCUT2D eigenvalue weighted by atomic mass is 127. The highest BCUT2D eigenvalue weighted by Crippen LogP contribution is 2.25. The zero-order valence-electron chi connectivity index (χ0n) is 10.5. The van der Waals surface area contributed by atoms with Crippen molar-refractivity contribution in [2.45, 2.75) is 4.90 Å². The molecule has 0 saturated heterocycles. The van der Waals surface area contributed by atoms with Gasteiger partial charge in [0.15, 0.2) is 0 Å². The minimum absolute atomic E-state index is 0.0617. The maximum absolute atomic E-state index is 12.4. The Morgan fingerprint density at radius 2 is 1.95 bits per heavy atom. The molecule has 0 aliphatic carbocycles. The number of thiocarbonyl (C=S) groups is 1. The third-order valence-corrected chi connectivity index (χ3v) is 5.35. The Kier molecular flexibility index (Phi) is 5.07. The average molecular weight is 453 g/mol. The van der Waals surface area contributed by atoms with Crippen LogP contribution in [-0.4, -0.2) is 13.4 Å². The minimum atomic E-state index is -3.82. The van der Waals surface area contributed by atoms with Crippen molar-refractivity contribution in [3.05, 3.63) is 56.6 Å². The molecule has 0 spiro atoms. The Morgan fingerprint density at radius 1 is 1.24 bits per heavy atom. The Hall–Kier alpha value is -0.900. The van der Waals surface area contributed by atoms with E-state index in [0.717, 1.165) is 3.57 Å². The highest BCUT2D eigenvalue weighted by Gasteiger charge is 2.19. The van der Waals surface area contributed by atoms with E-state index in [1.165, 1.54) is 12.1 Å². The van der Waals surface area contributed by atoms with Gasteiger partial charge in [-0.05, 0) is 52.9 Å². The molecular weight excluding hydrogens is 443 g/mol. The lowest BCUT2D eigenvalue weighted by Crippen LogP contribution is -2.16. The molecule has 21 heavy (non-hydrogen) atoms. The van der Waals surface area contributed by atoms with Crippen molar-refractivity contribution in [1.82, 2.24) is 0 Å². The standard InChI is InChI=1S/C13H10ClIN2O2S2/c14-11-5-4-8(13(16)20)6-12(11)21(18,19)17-10-3-1-2-9(15)7-10/h1-7,17H,(H2,16,20). The Bertz CT molecular complexity index is 810. The zero-order chi connectivity index (χ0) is 15.6. The molecule has 2 aromatic rings. The minimum Gasteiger partial charge on any atom is -0.389 e. The lowest BCUT2D eigenvalue weighted by Gasteiger charge is -2.11. The van der Waals surface area contributed by atoms with Gasteiger partial charge in [0.1, 0.15) is 9.88 Å². The second-order valence-corrected chi connectivity index (χ2v) is 7.87. The van der Waals surface area contributed by atoms with Gasteiger partial charge in [-0.25, -0.2) is 8.42 Å². The number of benzene rings is 2. The first-order valence-electron chi connectivity index (χ1n) is 5.67. The van der Waals surface area contributed by atoms with Crippen LogP contribution in [0, 0.1) is 3.57 Å². The quantitative estimate of drug-likeness (QED) is 0.551. The van der Waals surface area contributed by atoms with E-state index < -0.39 is 10.0 Å². The van der Waals surface area contributed by atoms with Crippen molar-refractivity contribution in [2.75, 3.05) is 4.72 Å². The molecule has 0 aromatic heterocycles. The van der Waals surface area contributed by atoms with Gasteiger partial charge in [-0.1, -0.05) is 36.0 Å². The van der Waals surface area contributed by atoms with Crippen LogP contribution in [-0.2, 0) is 10.0 Å². The lowest BCUT2D eigenvalue weighted by atomic mass is 10.2. The van der Waals surface area contributed by atoms with Gasteiger partial charge in [0.05, 0.1) is 5.02 Å². The largest absolute Gasteiger partial charge is 0.389 e. The summed E-state index contributed by atoms with van der Waals surface area (Å²) in [5.74, 6) is 0. The van der Waals surface area contributed by atoms with Crippen LogP contribution in [0.25, 0.3) is 0 Å². The summed E-state index contributed by atoms with van der Waals surface area (Å²) in [6.45, 7) is 0. The second kappa shape index (κ2) is 6.47. The van der Waals surface area contributed by atoms with E-state index in [1.807, 2.05) is 6.07 Å². The number of halogens is 2. The molecule has 110 valence electrons. The highest BCUT2D eigenvalue weighted by molar-refractivity contribution is 14.1. The van der Waals surface area contributed by atoms with Crippen LogP contribution >= 0.6 is 46.4 Å². The fourth-order valence-electron chi connectivity index (χ4n) is 1.62. The van der Waals surface area contributed by atoms with Crippen molar-refractivity contribution in [2.24, 2.45) is 5.73 Å². The number of hydrogen-bond donors (Lipinski definition) is 2. The Balaban J connectivity index is 2.44. The molecule has 2 rings (SSSR count). The van der Waals surface area contributed by atoms with Crippen molar-refractivity contribution in [3.63, 3.8) is 0 Å². The van der Waals surface area contributed by atoms with Gasteiger partial charge in [-0.3, -0.25) is 4.72 Å². The molecule has 0 radical (unpaired) electrons. The number of hydrogen-bond acceptors (Lipinski definition) is 3. The summed E-state index contributed by atoms with van der Waals surface area (Å²) in [6.07, 6.45) is 0. The molecule has 0 atom stereocenters. The van der Waals surface area contributed by atoms with Gasteiger partial charge in [-0.2, -0.15) is 0 Å². The second-order valence-electron chi connectivity index (χ2n) is 4.13. The summed E-state index contributed by atoms with van der Waals surface area (Å²) in [7, 11) is -3.82. The van der Waals surface area contributed by atoms with E-state index in [9.17, 15) is 8.42 Å². The normalized spacial score (nSPS) is 11.1. The maximum atomic E-state index is 12.4. The summed E-state index contributed by atoms with van der Waals surface area (Å²) < 4.78 is 28.2. The van der Waals surface area contributed by atoms with Gasteiger partial charge < -0.3 is 5.73 Å². The molecule has 0 aliphatic heterocycles. The van der Waals surface area contributed by atoms with Gasteiger partial charge in [0.25, 0.3) is 10.0 Å². The molecule has 2 aromatic carbocycles. The Morgan fingerprint density at radius 3 is 2.57 bits per heavy atom. The van der Waals surface area contributed by atoms with E-state index in [2.05, 4.69) is 27.3 Å². The first kappa shape index (κ1) is 16.5. The number of sulfonamides is 1. The molecule has 0 unspecified atom stereocenters. The zero-order valence-corrected chi connectivity index (χ0v) is 15.1. The van der Waals surface area contributed by atoms with E-state index in [4.69, 9.17) is 29.6 Å². The molecule has 0 amide bonds. The van der Waals surface area contributed by atoms with Gasteiger partial charge in [-0.15, -0.1) is 0 Å². The van der Waals surface area contributed by atoms with Crippen molar-refractivity contribution in [1.29, 1.82) is 0 Å². The van der Waals surface area contributed by atoms with Crippen LogP contribution < -0.4 is 10.5 Å². The molecule has 4 nitrogen and oxygen atoms in total. The fourth-order valence-corrected chi connectivity index (χ4v) is 3.87. The molecule has 0 heterocycles. The topological polar surface area (TPSA) is 72.2 Å². The average Bonchev–Trinajstić information content (AvgIpc) is 2.38. The summed E-state index contributed by atoms with van der Waals surface area (Å²) in [5, 5.41) is 0.105. The van der Waals surface area contributed by atoms with Crippen LogP contribution in [0.1, 0.15) is 5.56 Å². The number of anilines is 1. The van der Waals surface area contributed by atoms with Crippen LogP contribution in [0.3, 0.4) is 0 Å². The summed E-state index contributed by atoms with van der Waals surface area (Å²) >= 11 is 12.9. The third kappa shape index (κ3) is 4.06. The van der Waals surface area contributed by atoms with Crippen molar-refractivity contribution in [3.8, 4) is 0 Å². The SMILES string of the molecule is NC(=S)c1ccc(Cl)c(S(=O)(=O)Nc2cccc(I)c2)c1. The van der Waals surface area contributed by atoms with Crippen LogP contribution in [0.5, 0.6) is 0 Å². The molecule has 0 fully saturated rings. The van der Waals surface area contributed by atoms with Crippen LogP contribution in [0.15, 0.2) is 47.4 Å². The van der Waals surface area contributed by atoms with E-state index >= 15 is 0 Å². The number of nitrogens with two attached hydrogens (primary N) is 1. The monoisotopic (exact) mass is 452 g/mol. The lowest BCUT2D eigenvalue weighted by molar-refractivity contribution is 0.601. The number of nitrogens with one attached hydrogen (secondary N) is 1. The first-order chi connectivity index (χ1) is 9.79. The first-order valence-corrected chi connectivity index (χ1v) is 9.02. The van der Waals surface area contributed by atoms with E-state index in [1.54, 1.807) is 24.3 Å². The maximum Gasteiger partial charge on any atom is 0.263 e. The number of rotatable bonds is 4. The van der Waals surface area contributed by atoms with Crippen molar-refractivity contribution < 1.29 is 8.42 Å². The molecule has 8 heteroatoms. The van der Waals surface area contributed by atoms with Crippen LogP contribution in [0.4, 0.5) is 5.69 Å². The smallest absolute Gasteiger partial charge is 0.263 e. The Labute approximate surface area is 146 Å². The third-order valence-electron chi connectivity index (χ3n) is 2.58. The summed E-state index contributed by atoms with van der Waals surface area (Å²) in [4.78, 5) is 0.0469. The van der Waals surface area contributed by atoms with E-state index in [0.29, 0.717) is 11.3 Å². The van der Waals surface area contributed by atoms with Gasteiger partial charge in [0, 0.05) is 14.8 Å². The molecule has 0 aliphatic rings. The molecule has 3 N–H and O–H groups in total. The van der Waals surface area contributed by atoms with Gasteiger partial charge >= 0.3 is 0 Å². The molecular formula is C13H10ClIN2O2S2. The predicted molar refractivity (Wildman–Crippen MR) is 97.3 cm³/mol. The van der Waals surface area contributed by atoms with E-state index in [-0.39, 0.29) is 14.9 Å². The van der Waals surface area contributed by atoms with Crippen molar-refractivity contribution >= 4 is 67.1 Å². The summed E-state index contributed by atoms with van der Waals surface area (Å²) in [5.41, 5.74) is 6.42. The molecule has 0 bridgehead atoms. The van der Waals surface area contributed by atoms with Gasteiger partial charge in [0.2, 0.25) is 0 Å². The fraction of sp³-hybridized carbons (Fsp3) is 0. The molecule has 0 saturated carbocycles. The predicted octanol–water partition coefficient (Wildman–Crippen LogP) is 3.38. The van der Waals surface area contributed by atoms with Crippen LogP contribution in [0.2, 0.25) is 5.02 Å². The summed E-state index contributed by atoms with van der Waals surface area (Å²) in [6, 6.07) is 11.4.